The van der Waals surface area contributed by atoms with E-state index in [0.29, 0.717) is 18.4 Å². The fourth-order valence-corrected chi connectivity index (χ4v) is 2.36. The zero-order chi connectivity index (χ0) is 20.7. The molecule has 150 valence electrons. The molecule has 2 aromatic carbocycles. The molecule has 0 saturated heterocycles. The Hall–Kier alpha value is -3.07. The van der Waals surface area contributed by atoms with Gasteiger partial charge in [-0.25, -0.2) is 13.2 Å². The summed E-state index contributed by atoms with van der Waals surface area (Å²) in [5.74, 6) is -4.77. The number of nitrogens with zero attached hydrogens (tertiary/aromatic N) is 1. The van der Waals surface area contributed by atoms with Gasteiger partial charge in [0.1, 0.15) is 5.75 Å². The first-order valence-electron chi connectivity index (χ1n) is 8.31. The second-order valence-corrected chi connectivity index (χ2v) is 6.07. The molecule has 2 amide bonds. The van der Waals surface area contributed by atoms with E-state index < -0.39 is 29.0 Å². The Labute approximate surface area is 160 Å². The molecule has 0 bridgehead atoms. The van der Waals surface area contributed by atoms with Crippen LogP contribution in [0.25, 0.3) is 0 Å². The molecule has 0 aliphatic heterocycles. The number of likely N-dealkylation sites (N-methyl/N-ethyl adjacent to an activating group) is 1. The van der Waals surface area contributed by atoms with Crippen LogP contribution in [-0.2, 0) is 16.1 Å². The van der Waals surface area contributed by atoms with E-state index in [2.05, 4.69) is 10.6 Å². The van der Waals surface area contributed by atoms with Gasteiger partial charge in [0.2, 0.25) is 11.8 Å². The molecule has 0 saturated carbocycles. The number of benzene rings is 2. The molecule has 0 aliphatic rings. The van der Waals surface area contributed by atoms with Crippen molar-refractivity contribution in [2.45, 2.75) is 6.54 Å². The van der Waals surface area contributed by atoms with Crippen molar-refractivity contribution in [2.24, 2.45) is 0 Å². The van der Waals surface area contributed by atoms with Gasteiger partial charge in [-0.2, -0.15) is 0 Å². The molecular weight excluding hydrogens is 375 g/mol. The van der Waals surface area contributed by atoms with E-state index in [4.69, 9.17) is 4.74 Å². The molecule has 0 fully saturated rings. The van der Waals surface area contributed by atoms with E-state index in [-0.39, 0.29) is 19.0 Å². The molecule has 2 rings (SSSR count). The van der Waals surface area contributed by atoms with Crippen molar-refractivity contribution in [3.63, 3.8) is 0 Å². The van der Waals surface area contributed by atoms with E-state index >= 15 is 0 Å². The van der Waals surface area contributed by atoms with Gasteiger partial charge in [0.25, 0.3) is 0 Å². The topological polar surface area (TPSA) is 70.7 Å². The lowest BCUT2D eigenvalue weighted by Crippen LogP contribution is -2.38. The lowest BCUT2D eigenvalue weighted by atomic mass is 10.2. The standard InChI is InChI=1S/C19H20F3N3O3/c1-25(10-16(26)23-9-12-3-5-13(28-2)6-4-12)11-17(27)24-15-8-7-14(20)18(21)19(15)22/h3-8H,9-11H2,1-2H3,(H,23,26)(H,24,27). The Morgan fingerprint density at radius 3 is 2.25 bits per heavy atom. The van der Waals surface area contributed by atoms with Crippen LogP contribution in [0.2, 0.25) is 0 Å². The first kappa shape index (κ1) is 21.2. The van der Waals surface area contributed by atoms with Gasteiger partial charge < -0.3 is 15.4 Å². The van der Waals surface area contributed by atoms with Gasteiger partial charge in [0, 0.05) is 6.54 Å². The second kappa shape index (κ2) is 9.75. The fraction of sp³-hybridized carbons (Fsp3) is 0.263. The van der Waals surface area contributed by atoms with Crippen LogP contribution in [0.3, 0.4) is 0 Å². The monoisotopic (exact) mass is 395 g/mol. The minimum atomic E-state index is -1.66. The minimum Gasteiger partial charge on any atom is -0.497 e. The zero-order valence-corrected chi connectivity index (χ0v) is 15.4. The van der Waals surface area contributed by atoms with Gasteiger partial charge >= 0.3 is 0 Å². The number of rotatable bonds is 8. The Bertz CT molecular complexity index is 844. The maximum Gasteiger partial charge on any atom is 0.238 e. The van der Waals surface area contributed by atoms with Gasteiger partial charge in [-0.05, 0) is 36.9 Å². The summed E-state index contributed by atoms with van der Waals surface area (Å²) in [6.45, 7) is -0.0127. The van der Waals surface area contributed by atoms with Crippen LogP contribution >= 0.6 is 0 Å². The highest BCUT2D eigenvalue weighted by Crippen LogP contribution is 2.19. The highest BCUT2D eigenvalue weighted by Gasteiger charge is 2.16. The third-order valence-electron chi connectivity index (χ3n) is 3.79. The van der Waals surface area contributed by atoms with Crippen LogP contribution in [0.4, 0.5) is 18.9 Å². The maximum atomic E-state index is 13.6. The van der Waals surface area contributed by atoms with Crippen molar-refractivity contribution in [1.29, 1.82) is 0 Å². The molecule has 2 N–H and O–H groups in total. The fourth-order valence-electron chi connectivity index (χ4n) is 2.36. The van der Waals surface area contributed by atoms with Crippen molar-refractivity contribution in [1.82, 2.24) is 10.2 Å². The molecule has 0 aromatic heterocycles. The SMILES string of the molecule is COc1ccc(CNC(=O)CN(C)CC(=O)Nc2ccc(F)c(F)c2F)cc1. The number of ether oxygens (including phenoxy) is 1. The van der Waals surface area contributed by atoms with Crippen LogP contribution in [0.5, 0.6) is 5.75 Å². The van der Waals surface area contributed by atoms with Crippen LogP contribution in [0.15, 0.2) is 36.4 Å². The highest BCUT2D eigenvalue weighted by atomic mass is 19.2. The van der Waals surface area contributed by atoms with E-state index in [1.165, 1.54) is 11.9 Å². The third kappa shape index (κ3) is 5.98. The van der Waals surface area contributed by atoms with E-state index in [1.54, 1.807) is 19.2 Å². The molecule has 0 radical (unpaired) electrons. The van der Waals surface area contributed by atoms with Crippen molar-refractivity contribution in [3.05, 3.63) is 59.4 Å². The Morgan fingerprint density at radius 2 is 1.61 bits per heavy atom. The maximum absolute atomic E-state index is 13.6. The van der Waals surface area contributed by atoms with Gasteiger partial charge in [0.15, 0.2) is 17.5 Å². The molecule has 2 aromatic rings. The molecule has 28 heavy (non-hydrogen) atoms. The summed E-state index contributed by atoms with van der Waals surface area (Å²) >= 11 is 0. The number of carbonyl (C=O) groups excluding carboxylic acids is 2. The summed E-state index contributed by atoms with van der Waals surface area (Å²) in [4.78, 5) is 25.3. The number of halogens is 3. The van der Waals surface area contributed by atoms with Gasteiger partial charge in [0.05, 0.1) is 25.9 Å². The Kier molecular flexibility index (Phi) is 7.39. The molecule has 0 aliphatic carbocycles. The van der Waals surface area contributed by atoms with E-state index in [1.807, 2.05) is 12.1 Å². The minimum absolute atomic E-state index is 0.0795. The molecule has 0 unspecified atom stereocenters. The number of carbonyl (C=O) groups is 2. The molecule has 9 heteroatoms. The van der Waals surface area contributed by atoms with E-state index in [9.17, 15) is 22.8 Å². The normalized spacial score (nSPS) is 10.6. The van der Waals surface area contributed by atoms with Crippen molar-refractivity contribution >= 4 is 17.5 Å². The first-order valence-corrected chi connectivity index (χ1v) is 8.31. The Balaban J connectivity index is 1.79. The van der Waals surface area contributed by atoms with Gasteiger partial charge in [-0.15, -0.1) is 0 Å². The number of methoxy groups -OCH3 is 1. The van der Waals surface area contributed by atoms with Crippen molar-refractivity contribution in [3.8, 4) is 5.75 Å². The lowest BCUT2D eigenvalue weighted by Gasteiger charge is -2.16. The molecule has 0 atom stereocenters. The molecule has 6 nitrogen and oxygen atoms in total. The zero-order valence-electron chi connectivity index (χ0n) is 15.4. The van der Waals surface area contributed by atoms with E-state index in [0.717, 1.165) is 11.6 Å². The van der Waals surface area contributed by atoms with Crippen LogP contribution in [0, 0.1) is 17.5 Å². The third-order valence-corrected chi connectivity index (χ3v) is 3.79. The number of hydrogen-bond acceptors (Lipinski definition) is 4. The summed E-state index contributed by atoms with van der Waals surface area (Å²) in [7, 11) is 3.08. The van der Waals surface area contributed by atoms with Gasteiger partial charge in [-0.1, -0.05) is 12.1 Å². The summed E-state index contributed by atoms with van der Waals surface area (Å²) < 4.78 is 44.7. The quantitative estimate of drug-likeness (QED) is 0.673. The average Bonchev–Trinajstić information content (AvgIpc) is 2.67. The number of nitrogens with one attached hydrogen (secondary N) is 2. The largest absolute Gasteiger partial charge is 0.497 e. The predicted molar refractivity (Wildman–Crippen MR) is 97.3 cm³/mol. The number of amides is 2. The van der Waals surface area contributed by atoms with Crippen LogP contribution in [0.1, 0.15) is 5.56 Å². The number of hydrogen-bond donors (Lipinski definition) is 2. The Morgan fingerprint density at radius 1 is 0.964 bits per heavy atom. The predicted octanol–water partition coefficient (Wildman–Crippen LogP) is 2.30. The molecular formula is C19H20F3N3O3. The van der Waals surface area contributed by atoms with Crippen molar-refractivity contribution in [2.75, 3.05) is 32.6 Å². The van der Waals surface area contributed by atoms with Gasteiger partial charge in [-0.3, -0.25) is 14.5 Å². The second-order valence-electron chi connectivity index (χ2n) is 6.07. The van der Waals surface area contributed by atoms with Crippen LogP contribution < -0.4 is 15.4 Å². The lowest BCUT2D eigenvalue weighted by molar-refractivity contribution is -0.123. The smallest absolute Gasteiger partial charge is 0.238 e. The molecule has 0 spiro atoms. The average molecular weight is 395 g/mol. The van der Waals surface area contributed by atoms with Crippen LogP contribution in [-0.4, -0.2) is 44.0 Å². The summed E-state index contributed by atoms with van der Waals surface area (Å²) in [6, 6.07) is 8.81. The van der Waals surface area contributed by atoms with Crippen molar-refractivity contribution < 1.29 is 27.5 Å². The summed E-state index contributed by atoms with van der Waals surface area (Å²) in [5.41, 5.74) is 0.407. The highest BCUT2D eigenvalue weighted by molar-refractivity contribution is 5.92. The molecule has 0 heterocycles. The number of anilines is 1. The summed E-state index contributed by atoms with van der Waals surface area (Å²) in [6.07, 6.45) is 0. The first-order chi connectivity index (χ1) is 13.3. The summed E-state index contributed by atoms with van der Waals surface area (Å²) in [5, 5.41) is 4.85.